The summed E-state index contributed by atoms with van der Waals surface area (Å²) in [6.07, 6.45) is 0.905. The zero-order chi connectivity index (χ0) is 8.97. The summed E-state index contributed by atoms with van der Waals surface area (Å²) in [5.41, 5.74) is 0.841. The molecular weight excluding hydrogens is 174 g/mol. The van der Waals surface area contributed by atoms with Crippen LogP contribution in [0, 0.1) is 11.3 Å². The van der Waals surface area contributed by atoms with Gasteiger partial charge in [-0.1, -0.05) is 0 Å². The van der Waals surface area contributed by atoms with E-state index >= 15 is 0 Å². The molecule has 0 spiro atoms. The molecule has 1 aromatic rings. The average Bonchev–Trinajstić information content (AvgIpc) is 2.51. The SMILES string of the molecule is N#C/C(=C\C(=O)O)c1ccsc1. The first-order valence-electron chi connectivity index (χ1n) is 3.11. The topological polar surface area (TPSA) is 61.1 Å². The van der Waals surface area contributed by atoms with Crippen molar-refractivity contribution in [3.63, 3.8) is 0 Å². The van der Waals surface area contributed by atoms with Crippen LogP contribution in [0.3, 0.4) is 0 Å². The molecule has 0 saturated heterocycles. The molecule has 0 saturated carbocycles. The van der Waals surface area contributed by atoms with Crippen LogP contribution in [0.4, 0.5) is 0 Å². The zero-order valence-electron chi connectivity index (χ0n) is 6.02. The summed E-state index contributed by atoms with van der Waals surface area (Å²) in [6.45, 7) is 0. The van der Waals surface area contributed by atoms with Crippen molar-refractivity contribution in [3.8, 4) is 6.07 Å². The van der Waals surface area contributed by atoms with Crippen LogP contribution in [-0.2, 0) is 4.79 Å². The van der Waals surface area contributed by atoms with Crippen molar-refractivity contribution in [1.29, 1.82) is 5.26 Å². The fourth-order valence-electron chi connectivity index (χ4n) is 0.721. The summed E-state index contributed by atoms with van der Waals surface area (Å²) in [6, 6.07) is 3.53. The predicted octanol–water partition coefficient (Wildman–Crippen LogP) is 1.74. The van der Waals surface area contributed by atoms with Crippen LogP contribution in [0.5, 0.6) is 0 Å². The van der Waals surface area contributed by atoms with Gasteiger partial charge in [0.1, 0.15) is 6.07 Å². The first-order valence-corrected chi connectivity index (χ1v) is 4.05. The molecule has 0 fully saturated rings. The van der Waals surface area contributed by atoms with E-state index in [-0.39, 0.29) is 5.57 Å². The molecular formula is C8H5NO2S. The number of thiophene rings is 1. The van der Waals surface area contributed by atoms with E-state index in [1.54, 1.807) is 16.8 Å². The highest BCUT2D eigenvalue weighted by atomic mass is 32.1. The highest BCUT2D eigenvalue weighted by molar-refractivity contribution is 7.08. The lowest BCUT2D eigenvalue weighted by Gasteiger charge is -1.89. The van der Waals surface area contributed by atoms with Gasteiger partial charge in [0, 0.05) is 11.6 Å². The first kappa shape index (κ1) is 8.50. The Morgan fingerprint density at radius 2 is 2.50 bits per heavy atom. The van der Waals surface area contributed by atoms with Gasteiger partial charge >= 0.3 is 5.97 Å². The third kappa shape index (κ3) is 1.94. The lowest BCUT2D eigenvalue weighted by molar-refractivity contribution is -0.131. The van der Waals surface area contributed by atoms with Crippen LogP contribution < -0.4 is 0 Å². The van der Waals surface area contributed by atoms with Gasteiger partial charge in [-0.3, -0.25) is 0 Å². The molecule has 1 aromatic heterocycles. The van der Waals surface area contributed by atoms with Crippen LogP contribution in [0.2, 0.25) is 0 Å². The van der Waals surface area contributed by atoms with Gasteiger partial charge in [0.25, 0.3) is 0 Å². The van der Waals surface area contributed by atoms with E-state index in [1.165, 1.54) is 11.3 Å². The number of hydrogen-bond acceptors (Lipinski definition) is 3. The van der Waals surface area contributed by atoms with Crippen molar-refractivity contribution in [2.75, 3.05) is 0 Å². The van der Waals surface area contributed by atoms with Gasteiger partial charge in [-0.25, -0.2) is 4.79 Å². The van der Waals surface area contributed by atoms with Crippen molar-refractivity contribution < 1.29 is 9.90 Å². The van der Waals surface area contributed by atoms with E-state index in [0.717, 1.165) is 6.08 Å². The molecule has 3 nitrogen and oxygen atoms in total. The minimum absolute atomic E-state index is 0.184. The monoisotopic (exact) mass is 179 g/mol. The van der Waals surface area contributed by atoms with E-state index < -0.39 is 5.97 Å². The molecule has 12 heavy (non-hydrogen) atoms. The molecule has 0 atom stereocenters. The lowest BCUT2D eigenvalue weighted by atomic mass is 10.1. The van der Waals surface area contributed by atoms with E-state index in [1.807, 2.05) is 6.07 Å². The molecule has 0 bridgehead atoms. The van der Waals surface area contributed by atoms with Crippen LogP contribution in [0.15, 0.2) is 22.9 Å². The molecule has 4 heteroatoms. The lowest BCUT2D eigenvalue weighted by Crippen LogP contribution is -1.89. The summed E-state index contributed by atoms with van der Waals surface area (Å²) >= 11 is 1.43. The van der Waals surface area contributed by atoms with E-state index in [4.69, 9.17) is 10.4 Å². The number of carboxylic acids is 1. The number of aliphatic carboxylic acids is 1. The van der Waals surface area contributed by atoms with Gasteiger partial charge in [0.05, 0.1) is 5.57 Å². The van der Waals surface area contributed by atoms with Crippen LogP contribution in [0.25, 0.3) is 5.57 Å². The summed E-state index contributed by atoms with van der Waals surface area (Å²) in [5.74, 6) is -1.10. The third-order valence-electron chi connectivity index (χ3n) is 1.22. The van der Waals surface area contributed by atoms with E-state index in [0.29, 0.717) is 5.56 Å². The van der Waals surface area contributed by atoms with Crippen molar-refractivity contribution in [2.45, 2.75) is 0 Å². The molecule has 0 aromatic carbocycles. The van der Waals surface area contributed by atoms with Gasteiger partial charge in [-0.15, -0.1) is 0 Å². The number of nitriles is 1. The van der Waals surface area contributed by atoms with Crippen molar-refractivity contribution in [2.24, 2.45) is 0 Å². The predicted molar refractivity (Wildman–Crippen MR) is 45.5 cm³/mol. The second kappa shape index (κ2) is 3.69. The number of carbonyl (C=O) groups is 1. The van der Waals surface area contributed by atoms with Crippen molar-refractivity contribution >= 4 is 22.9 Å². The number of rotatable bonds is 2. The fourth-order valence-corrected chi connectivity index (χ4v) is 1.38. The Bertz CT molecular complexity index is 346. The summed E-state index contributed by atoms with van der Waals surface area (Å²) < 4.78 is 0. The minimum Gasteiger partial charge on any atom is -0.478 e. The van der Waals surface area contributed by atoms with Crippen LogP contribution >= 0.6 is 11.3 Å². The summed E-state index contributed by atoms with van der Waals surface area (Å²) in [5, 5.41) is 20.5. The Morgan fingerprint density at radius 1 is 1.75 bits per heavy atom. The first-order chi connectivity index (χ1) is 5.74. The summed E-state index contributed by atoms with van der Waals surface area (Å²) in [4.78, 5) is 10.2. The Labute approximate surface area is 73.2 Å². The molecule has 0 aliphatic rings. The second-order valence-electron chi connectivity index (χ2n) is 2.02. The quantitative estimate of drug-likeness (QED) is 0.555. The molecule has 0 aliphatic carbocycles. The standard InChI is InChI=1S/C8H5NO2S/c9-4-7(3-8(10)11)6-1-2-12-5-6/h1-3,5H,(H,10,11)/b7-3+. The Kier molecular flexibility index (Phi) is 2.62. The molecule has 1 heterocycles. The molecule has 0 aliphatic heterocycles. The summed E-state index contributed by atoms with van der Waals surface area (Å²) in [7, 11) is 0. The van der Waals surface area contributed by atoms with Gasteiger partial charge in [-0.2, -0.15) is 16.6 Å². The van der Waals surface area contributed by atoms with Gasteiger partial charge in [0.15, 0.2) is 0 Å². The maximum atomic E-state index is 10.2. The van der Waals surface area contributed by atoms with Crippen LogP contribution in [-0.4, -0.2) is 11.1 Å². The minimum atomic E-state index is -1.10. The van der Waals surface area contributed by atoms with Gasteiger partial charge < -0.3 is 5.11 Å². The number of nitrogens with zero attached hydrogens (tertiary/aromatic N) is 1. The molecule has 0 unspecified atom stereocenters. The average molecular weight is 179 g/mol. The van der Waals surface area contributed by atoms with Crippen molar-refractivity contribution in [1.82, 2.24) is 0 Å². The number of carboxylic acid groups (broad SMARTS) is 1. The molecule has 60 valence electrons. The zero-order valence-corrected chi connectivity index (χ0v) is 6.84. The van der Waals surface area contributed by atoms with Crippen LogP contribution in [0.1, 0.15) is 5.56 Å². The molecule has 0 radical (unpaired) electrons. The number of hydrogen-bond donors (Lipinski definition) is 1. The Balaban J connectivity index is 3.01. The molecule has 0 amide bonds. The van der Waals surface area contributed by atoms with Gasteiger partial charge in [0.2, 0.25) is 0 Å². The van der Waals surface area contributed by atoms with E-state index in [9.17, 15) is 4.79 Å². The largest absolute Gasteiger partial charge is 0.478 e. The molecule has 1 N–H and O–H groups in total. The second-order valence-corrected chi connectivity index (χ2v) is 2.80. The maximum Gasteiger partial charge on any atom is 0.329 e. The highest BCUT2D eigenvalue weighted by Gasteiger charge is 2.02. The Hall–Kier alpha value is -1.60. The maximum absolute atomic E-state index is 10.2. The highest BCUT2D eigenvalue weighted by Crippen LogP contribution is 2.16. The van der Waals surface area contributed by atoms with E-state index in [2.05, 4.69) is 0 Å². The van der Waals surface area contributed by atoms with Gasteiger partial charge in [-0.05, 0) is 16.8 Å². The Morgan fingerprint density at radius 3 is 2.92 bits per heavy atom. The normalized spacial score (nSPS) is 10.8. The van der Waals surface area contributed by atoms with Crippen molar-refractivity contribution in [3.05, 3.63) is 28.5 Å². The third-order valence-corrected chi connectivity index (χ3v) is 1.90. The molecule has 1 rings (SSSR count). The fraction of sp³-hybridized carbons (Fsp3) is 0. The smallest absolute Gasteiger partial charge is 0.329 e. The number of allylic oxidation sites excluding steroid dienone is 1.